The Kier molecular flexibility index (Phi) is 3.53. The fourth-order valence-corrected chi connectivity index (χ4v) is 3.41. The molecule has 3 rings (SSSR count). The molecule has 0 radical (unpaired) electrons. The maximum atomic E-state index is 8.78. The molecule has 5 heteroatoms. The second-order valence-corrected chi connectivity index (χ2v) is 5.76. The number of amidine groups is 1. The van der Waals surface area contributed by atoms with E-state index in [9.17, 15) is 0 Å². The van der Waals surface area contributed by atoms with Crippen molar-refractivity contribution in [1.82, 2.24) is 4.90 Å². The number of benzene rings is 1. The van der Waals surface area contributed by atoms with Crippen molar-refractivity contribution in [2.75, 3.05) is 31.1 Å². The highest BCUT2D eigenvalue weighted by Crippen LogP contribution is 2.26. The first kappa shape index (κ1) is 13.2. The van der Waals surface area contributed by atoms with Gasteiger partial charge in [-0.25, -0.2) is 0 Å². The Morgan fingerprint density at radius 3 is 2.95 bits per heavy atom. The molecule has 108 valence electrons. The van der Waals surface area contributed by atoms with Crippen LogP contribution in [0.15, 0.2) is 23.4 Å². The van der Waals surface area contributed by atoms with Gasteiger partial charge in [0.2, 0.25) is 0 Å². The highest BCUT2D eigenvalue weighted by Gasteiger charge is 2.30. The van der Waals surface area contributed by atoms with Crippen LogP contribution in [0.25, 0.3) is 0 Å². The molecule has 3 N–H and O–H groups in total. The highest BCUT2D eigenvalue weighted by atomic mass is 16.4. The Morgan fingerprint density at radius 1 is 1.35 bits per heavy atom. The molecule has 0 aliphatic carbocycles. The van der Waals surface area contributed by atoms with Gasteiger partial charge in [-0.15, -0.1) is 0 Å². The zero-order valence-electron chi connectivity index (χ0n) is 11.9. The monoisotopic (exact) mass is 274 g/mol. The molecule has 2 saturated heterocycles. The molecule has 0 bridgehead atoms. The smallest absolute Gasteiger partial charge is 0.170 e. The molecule has 0 saturated carbocycles. The lowest BCUT2D eigenvalue weighted by Crippen LogP contribution is -2.50. The number of aryl methyl sites for hydroxylation is 1. The molecule has 1 atom stereocenters. The number of nitrogens with two attached hydrogens (primary N) is 1. The topological polar surface area (TPSA) is 65.1 Å². The molecule has 1 aromatic carbocycles. The molecular formula is C15H22N4O. The van der Waals surface area contributed by atoms with E-state index in [1.807, 2.05) is 13.0 Å². The predicted molar refractivity (Wildman–Crippen MR) is 80.5 cm³/mol. The molecule has 5 nitrogen and oxygen atoms in total. The van der Waals surface area contributed by atoms with Crippen LogP contribution in [0.2, 0.25) is 0 Å². The van der Waals surface area contributed by atoms with Crippen LogP contribution in [0.5, 0.6) is 0 Å². The number of rotatable bonds is 2. The van der Waals surface area contributed by atoms with Crippen molar-refractivity contribution in [3.8, 4) is 0 Å². The number of nitrogens with zero attached hydrogens (tertiary/aromatic N) is 3. The van der Waals surface area contributed by atoms with E-state index in [0.717, 1.165) is 30.8 Å². The lowest BCUT2D eigenvalue weighted by atomic mass is 10.1. The van der Waals surface area contributed by atoms with Gasteiger partial charge in [0.1, 0.15) is 0 Å². The Bertz CT molecular complexity index is 529. The highest BCUT2D eigenvalue weighted by molar-refractivity contribution is 5.98. The fraction of sp³-hybridized carbons (Fsp3) is 0.533. The number of hydrogen-bond donors (Lipinski definition) is 2. The summed E-state index contributed by atoms with van der Waals surface area (Å²) in [5.74, 6) is 0.176. The van der Waals surface area contributed by atoms with Crippen LogP contribution in [-0.4, -0.2) is 48.2 Å². The fourth-order valence-electron chi connectivity index (χ4n) is 3.41. The van der Waals surface area contributed by atoms with Gasteiger partial charge in [-0.3, -0.25) is 4.90 Å². The predicted octanol–water partition coefficient (Wildman–Crippen LogP) is 1.37. The maximum absolute atomic E-state index is 8.78. The quantitative estimate of drug-likeness (QED) is 0.370. The van der Waals surface area contributed by atoms with Crippen molar-refractivity contribution in [2.24, 2.45) is 10.9 Å². The molecule has 2 heterocycles. The molecule has 1 unspecified atom stereocenters. The minimum Gasteiger partial charge on any atom is -0.409 e. The summed E-state index contributed by atoms with van der Waals surface area (Å²) in [7, 11) is 0. The average molecular weight is 274 g/mol. The van der Waals surface area contributed by atoms with Crippen LogP contribution < -0.4 is 10.6 Å². The minimum atomic E-state index is 0.176. The third-order valence-electron chi connectivity index (χ3n) is 4.55. The largest absolute Gasteiger partial charge is 0.409 e. The van der Waals surface area contributed by atoms with Crippen molar-refractivity contribution < 1.29 is 5.21 Å². The van der Waals surface area contributed by atoms with E-state index >= 15 is 0 Å². The Hall–Kier alpha value is -1.75. The van der Waals surface area contributed by atoms with Gasteiger partial charge >= 0.3 is 0 Å². The second kappa shape index (κ2) is 5.32. The summed E-state index contributed by atoms with van der Waals surface area (Å²) in [5.41, 5.74) is 8.76. The van der Waals surface area contributed by atoms with E-state index in [0.29, 0.717) is 6.04 Å². The molecule has 20 heavy (non-hydrogen) atoms. The van der Waals surface area contributed by atoms with Crippen molar-refractivity contribution in [3.05, 3.63) is 29.3 Å². The van der Waals surface area contributed by atoms with Crippen LogP contribution in [-0.2, 0) is 0 Å². The van der Waals surface area contributed by atoms with E-state index in [1.54, 1.807) is 0 Å². The Balaban J connectivity index is 1.79. The van der Waals surface area contributed by atoms with Gasteiger partial charge < -0.3 is 15.8 Å². The number of hydrogen-bond acceptors (Lipinski definition) is 4. The van der Waals surface area contributed by atoms with Gasteiger partial charge in [-0.05, 0) is 50.1 Å². The molecule has 1 aromatic rings. The summed E-state index contributed by atoms with van der Waals surface area (Å²) >= 11 is 0. The molecule has 2 aliphatic heterocycles. The van der Waals surface area contributed by atoms with Crippen molar-refractivity contribution in [3.63, 3.8) is 0 Å². The summed E-state index contributed by atoms with van der Waals surface area (Å²) < 4.78 is 0. The van der Waals surface area contributed by atoms with Gasteiger partial charge in [0.15, 0.2) is 5.84 Å². The normalized spacial score (nSPS) is 23.9. The van der Waals surface area contributed by atoms with E-state index in [2.05, 4.69) is 27.1 Å². The first-order chi connectivity index (χ1) is 9.69. The van der Waals surface area contributed by atoms with Gasteiger partial charge in [0.25, 0.3) is 0 Å². The lowest BCUT2D eigenvalue weighted by molar-refractivity contribution is 0.231. The van der Waals surface area contributed by atoms with Gasteiger partial charge in [0, 0.05) is 36.9 Å². The third kappa shape index (κ3) is 2.33. The molecule has 0 amide bonds. The van der Waals surface area contributed by atoms with Crippen LogP contribution in [0.4, 0.5) is 5.69 Å². The molecule has 0 spiro atoms. The lowest BCUT2D eigenvalue weighted by Gasteiger charge is -2.39. The Morgan fingerprint density at radius 2 is 2.20 bits per heavy atom. The van der Waals surface area contributed by atoms with Gasteiger partial charge in [-0.1, -0.05) is 5.16 Å². The standard InChI is InChI=1S/C15H22N4O/c1-11-9-12(4-5-14(11)15(16)17-20)19-8-7-18-6-2-3-13(18)10-19/h4-5,9,13,20H,2-3,6-8,10H2,1H3,(H2,16,17). The van der Waals surface area contributed by atoms with Crippen molar-refractivity contribution in [2.45, 2.75) is 25.8 Å². The zero-order valence-corrected chi connectivity index (χ0v) is 11.9. The van der Waals surface area contributed by atoms with Crippen molar-refractivity contribution in [1.29, 1.82) is 0 Å². The van der Waals surface area contributed by atoms with Crippen LogP contribution in [0.3, 0.4) is 0 Å². The van der Waals surface area contributed by atoms with Gasteiger partial charge in [-0.2, -0.15) is 0 Å². The number of anilines is 1. The number of fused-ring (bicyclic) bond motifs is 1. The van der Waals surface area contributed by atoms with E-state index < -0.39 is 0 Å². The maximum Gasteiger partial charge on any atom is 0.170 e. The summed E-state index contributed by atoms with van der Waals surface area (Å²) in [6.07, 6.45) is 2.65. The first-order valence-electron chi connectivity index (χ1n) is 7.26. The SMILES string of the molecule is Cc1cc(N2CCN3CCCC3C2)ccc1/C(N)=N/O. The van der Waals surface area contributed by atoms with Crippen LogP contribution >= 0.6 is 0 Å². The molecular weight excluding hydrogens is 252 g/mol. The second-order valence-electron chi connectivity index (χ2n) is 5.76. The molecule has 2 fully saturated rings. The van der Waals surface area contributed by atoms with E-state index in [4.69, 9.17) is 10.9 Å². The Labute approximate surface area is 119 Å². The van der Waals surface area contributed by atoms with Crippen molar-refractivity contribution >= 4 is 11.5 Å². The van der Waals surface area contributed by atoms with Gasteiger partial charge in [0.05, 0.1) is 0 Å². The zero-order chi connectivity index (χ0) is 14.1. The minimum absolute atomic E-state index is 0.176. The summed E-state index contributed by atoms with van der Waals surface area (Å²) in [6.45, 7) is 6.62. The van der Waals surface area contributed by atoms with Crippen LogP contribution in [0, 0.1) is 6.92 Å². The summed E-state index contributed by atoms with van der Waals surface area (Å²) in [5, 5.41) is 11.9. The summed E-state index contributed by atoms with van der Waals surface area (Å²) in [4.78, 5) is 5.06. The van der Waals surface area contributed by atoms with E-state index in [-0.39, 0.29) is 5.84 Å². The number of oxime groups is 1. The van der Waals surface area contributed by atoms with Crippen LogP contribution in [0.1, 0.15) is 24.0 Å². The number of piperazine rings is 1. The average Bonchev–Trinajstić information content (AvgIpc) is 2.93. The summed E-state index contributed by atoms with van der Waals surface area (Å²) in [6, 6.07) is 6.87. The first-order valence-corrected chi connectivity index (χ1v) is 7.26. The molecule has 2 aliphatic rings. The molecule has 0 aromatic heterocycles. The van der Waals surface area contributed by atoms with E-state index in [1.165, 1.54) is 25.1 Å². The third-order valence-corrected chi connectivity index (χ3v) is 4.55.